The zero-order valence-corrected chi connectivity index (χ0v) is 11.7. The van der Waals surface area contributed by atoms with Gasteiger partial charge in [0.15, 0.2) is 0 Å². The largest absolute Gasteiger partial charge is 0.497 e. The van der Waals surface area contributed by atoms with Crippen molar-refractivity contribution in [2.24, 2.45) is 5.92 Å². The third-order valence-corrected chi connectivity index (χ3v) is 4.22. The van der Waals surface area contributed by atoms with Crippen LogP contribution in [0.1, 0.15) is 31.2 Å². The monoisotopic (exact) mass is 249 g/mol. The van der Waals surface area contributed by atoms with Crippen molar-refractivity contribution in [2.45, 2.75) is 31.7 Å². The van der Waals surface area contributed by atoms with Gasteiger partial charge in [0.1, 0.15) is 11.5 Å². The molecule has 2 rings (SSSR count). The summed E-state index contributed by atoms with van der Waals surface area (Å²) >= 11 is 0. The number of rotatable bonds is 5. The molecule has 1 N–H and O–H groups in total. The highest BCUT2D eigenvalue weighted by Crippen LogP contribution is 2.47. The van der Waals surface area contributed by atoms with Gasteiger partial charge in [-0.2, -0.15) is 0 Å². The molecule has 0 radical (unpaired) electrons. The minimum absolute atomic E-state index is 0.605. The van der Waals surface area contributed by atoms with E-state index in [2.05, 4.69) is 25.4 Å². The molecule has 1 fully saturated rings. The Morgan fingerprint density at radius 2 is 2.06 bits per heavy atom. The van der Waals surface area contributed by atoms with Crippen molar-refractivity contribution >= 4 is 0 Å². The molecule has 3 nitrogen and oxygen atoms in total. The van der Waals surface area contributed by atoms with Crippen molar-refractivity contribution in [1.82, 2.24) is 5.32 Å². The van der Waals surface area contributed by atoms with Crippen molar-refractivity contribution in [3.8, 4) is 11.5 Å². The second-order valence-corrected chi connectivity index (χ2v) is 4.92. The topological polar surface area (TPSA) is 30.5 Å². The van der Waals surface area contributed by atoms with Crippen LogP contribution in [0.4, 0.5) is 0 Å². The van der Waals surface area contributed by atoms with E-state index in [-0.39, 0.29) is 0 Å². The molecule has 1 aromatic carbocycles. The third-order valence-electron chi connectivity index (χ3n) is 4.22. The molecule has 100 valence electrons. The zero-order valence-electron chi connectivity index (χ0n) is 11.7. The maximum absolute atomic E-state index is 5.51. The molecular weight excluding hydrogens is 226 g/mol. The molecule has 0 heterocycles. The van der Waals surface area contributed by atoms with Gasteiger partial charge in [0.25, 0.3) is 0 Å². The van der Waals surface area contributed by atoms with Crippen LogP contribution < -0.4 is 14.8 Å². The Bertz CT molecular complexity index is 405. The van der Waals surface area contributed by atoms with E-state index >= 15 is 0 Å². The molecule has 3 atom stereocenters. The Kier molecular flexibility index (Phi) is 4.12. The van der Waals surface area contributed by atoms with Crippen LogP contribution in [0.25, 0.3) is 0 Å². The maximum atomic E-state index is 5.51. The molecule has 1 aliphatic carbocycles. The fourth-order valence-electron chi connectivity index (χ4n) is 3.09. The van der Waals surface area contributed by atoms with Gasteiger partial charge in [-0.15, -0.1) is 0 Å². The quantitative estimate of drug-likeness (QED) is 0.870. The SMILES string of the molecule is CCC1C(NC)CC1c1ccc(OC)cc1OC. The van der Waals surface area contributed by atoms with Gasteiger partial charge < -0.3 is 14.8 Å². The summed E-state index contributed by atoms with van der Waals surface area (Å²) in [5.74, 6) is 3.12. The Labute approximate surface area is 109 Å². The van der Waals surface area contributed by atoms with Gasteiger partial charge in [-0.05, 0) is 36.9 Å². The first-order chi connectivity index (χ1) is 8.74. The highest BCUT2D eigenvalue weighted by molar-refractivity contribution is 5.44. The highest BCUT2D eigenvalue weighted by atomic mass is 16.5. The number of methoxy groups -OCH3 is 2. The van der Waals surface area contributed by atoms with Gasteiger partial charge >= 0.3 is 0 Å². The van der Waals surface area contributed by atoms with Crippen LogP contribution in [-0.4, -0.2) is 27.3 Å². The van der Waals surface area contributed by atoms with Crippen LogP contribution >= 0.6 is 0 Å². The fourth-order valence-corrected chi connectivity index (χ4v) is 3.09. The van der Waals surface area contributed by atoms with E-state index in [1.807, 2.05) is 12.1 Å². The lowest BCUT2D eigenvalue weighted by Crippen LogP contribution is -2.47. The minimum atomic E-state index is 0.605. The predicted octanol–water partition coefficient (Wildman–Crippen LogP) is 2.81. The van der Waals surface area contributed by atoms with Gasteiger partial charge in [-0.1, -0.05) is 19.4 Å². The maximum Gasteiger partial charge on any atom is 0.126 e. The molecule has 0 aromatic heterocycles. The average Bonchev–Trinajstić information content (AvgIpc) is 2.39. The molecule has 0 amide bonds. The Morgan fingerprint density at radius 3 is 2.61 bits per heavy atom. The average molecular weight is 249 g/mol. The van der Waals surface area contributed by atoms with Gasteiger partial charge in [0.05, 0.1) is 14.2 Å². The van der Waals surface area contributed by atoms with Crippen molar-refractivity contribution in [2.75, 3.05) is 21.3 Å². The zero-order chi connectivity index (χ0) is 13.1. The second kappa shape index (κ2) is 5.61. The van der Waals surface area contributed by atoms with E-state index in [0.717, 1.165) is 11.5 Å². The van der Waals surface area contributed by atoms with Crippen molar-refractivity contribution in [3.63, 3.8) is 0 Å². The smallest absolute Gasteiger partial charge is 0.126 e. The lowest BCUT2D eigenvalue weighted by atomic mass is 9.65. The Hall–Kier alpha value is -1.22. The number of ether oxygens (including phenoxy) is 2. The predicted molar refractivity (Wildman–Crippen MR) is 73.5 cm³/mol. The molecule has 0 bridgehead atoms. The first-order valence-corrected chi connectivity index (χ1v) is 6.64. The standard InChI is InChI=1S/C15H23NO2/c1-5-11-13(9-14(11)16-2)12-7-6-10(17-3)8-15(12)18-4/h6-8,11,13-14,16H,5,9H2,1-4H3. The summed E-state index contributed by atoms with van der Waals surface area (Å²) in [4.78, 5) is 0. The van der Waals surface area contributed by atoms with Crippen molar-refractivity contribution < 1.29 is 9.47 Å². The molecular formula is C15H23NO2. The highest BCUT2D eigenvalue weighted by Gasteiger charge is 2.40. The third kappa shape index (κ3) is 2.19. The van der Waals surface area contributed by atoms with E-state index in [9.17, 15) is 0 Å². The van der Waals surface area contributed by atoms with Crippen molar-refractivity contribution in [1.29, 1.82) is 0 Å². The van der Waals surface area contributed by atoms with E-state index in [0.29, 0.717) is 17.9 Å². The van der Waals surface area contributed by atoms with Gasteiger partial charge in [0, 0.05) is 12.1 Å². The summed E-state index contributed by atoms with van der Waals surface area (Å²) in [6, 6.07) is 6.80. The molecule has 0 saturated heterocycles. The summed E-state index contributed by atoms with van der Waals surface area (Å²) < 4.78 is 10.8. The molecule has 0 spiro atoms. The van der Waals surface area contributed by atoms with Crippen molar-refractivity contribution in [3.05, 3.63) is 23.8 Å². The molecule has 1 aromatic rings. The second-order valence-electron chi connectivity index (χ2n) is 4.92. The lowest BCUT2D eigenvalue weighted by molar-refractivity contribution is 0.166. The van der Waals surface area contributed by atoms with Crippen LogP contribution in [0.2, 0.25) is 0 Å². The van der Waals surface area contributed by atoms with Gasteiger partial charge in [0.2, 0.25) is 0 Å². The number of hydrogen-bond acceptors (Lipinski definition) is 3. The molecule has 18 heavy (non-hydrogen) atoms. The van der Waals surface area contributed by atoms with E-state index in [1.165, 1.54) is 18.4 Å². The molecule has 1 aliphatic rings. The number of hydrogen-bond donors (Lipinski definition) is 1. The summed E-state index contributed by atoms with van der Waals surface area (Å²) in [7, 11) is 5.46. The molecule has 1 saturated carbocycles. The van der Waals surface area contributed by atoms with Crippen LogP contribution in [0, 0.1) is 5.92 Å². The summed E-state index contributed by atoms with van der Waals surface area (Å²) in [6.45, 7) is 2.26. The van der Waals surface area contributed by atoms with Crippen LogP contribution in [0.3, 0.4) is 0 Å². The first-order valence-electron chi connectivity index (χ1n) is 6.64. The Balaban J connectivity index is 2.23. The molecule has 3 heteroatoms. The van der Waals surface area contributed by atoms with E-state index < -0.39 is 0 Å². The number of benzene rings is 1. The van der Waals surface area contributed by atoms with E-state index in [4.69, 9.17) is 9.47 Å². The van der Waals surface area contributed by atoms with Gasteiger partial charge in [-0.3, -0.25) is 0 Å². The molecule has 3 unspecified atom stereocenters. The van der Waals surface area contributed by atoms with Gasteiger partial charge in [-0.25, -0.2) is 0 Å². The lowest BCUT2D eigenvalue weighted by Gasteiger charge is -2.45. The summed E-state index contributed by atoms with van der Waals surface area (Å²) in [5, 5.41) is 3.40. The van der Waals surface area contributed by atoms with Crippen LogP contribution in [0.5, 0.6) is 11.5 Å². The molecule has 0 aliphatic heterocycles. The van der Waals surface area contributed by atoms with E-state index in [1.54, 1.807) is 14.2 Å². The first kappa shape index (κ1) is 13.2. The summed E-state index contributed by atoms with van der Waals surface area (Å²) in [6.07, 6.45) is 2.39. The van der Waals surface area contributed by atoms with Crippen LogP contribution in [0.15, 0.2) is 18.2 Å². The fraction of sp³-hybridized carbons (Fsp3) is 0.600. The normalized spacial score (nSPS) is 26.6. The Morgan fingerprint density at radius 1 is 1.28 bits per heavy atom. The van der Waals surface area contributed by atoms with Crippen LogP contribution in [-0.2, 0) is 0 Å². The summed E-state index contributed by atoms with van der Waals surface area (Å²) in [5.41, 5.74) is 1.32. The number of nitrogens with one attached hydrogen (secondary N) is 1. The minimum Gasteiger partial charge on any atom is -0.497 e.